The maximum Gasteiger partial charge on any atom is 0.262 e. The monoisotopic (exact) mass is 422 g/mol. The number of hydrogen-bond donors (Lipinski definition) is 1. The molecule has 0 unspecified atom stereocenters. The van der Waals surface area contributed by atoms with Gasteiger partial charge in [0.05, 0.1) is 24.8 Å². The summed E-state index contributed by atoms with van der Waals surface area (Å²) in [4.78, 5) is 12.4. The molecule has 0 radical (unpaired) electrons. The maximum atomic E-state index is 12.5. The number of methoxy groups -OCH3 is 2. The first-order chi connectivity index (χ1) is 13.8. The molecule has 0 heterocycles. The number of benzene rings is 2. The summed E-state index contributed by atoms with van der Waals surface area (Å²) in [6, 6.07) is 11.0. The Morgan fingerprint density at radius 3 is 2.14 bits per heavy atom. The summed E-state index contributed by atoms with van der Waals surface area (Å²) in [5.41, 5.74) is 0.459. The van der Waals surface area contributed by atoms with Crippen LogP contribution in [-0.2, 0) is 14.8 Å². The largest absolute Gasteiger partial charge is 0.497 e. The maximum absolute atomic E-state index is 12.5. The molecule has 2 aromatic rings. The highest BCUT2D eigenvalue weighted by Gasteiger charge is 2.21. The Hall–Kier alpha value is -2.78. The van der Waals surface area contributed by atoms with Crippen molar-refractivity contribution in [2.24, 2.45) is 0 Å². The van der Waals surface area contributed by atoms with Crippen molar-refractivity contribution in [3.8, 4) is 17.2 Å². The molecule has 2 rings (SSSR count). The van der Waals surface area contributed by atoms with Crippen LogP contribution in [0, 0.1) is 0 Å². The third kappa shape index (κ3) is 5.61. The van der Waals surface area contributed by atoms with E-state index >= 15 is 0 Å². The van der Waals surface area contributed by atoms with Gasteiger partial charge in [0.25, 0.3) is 5.91 Å². The molecular weight excluding hydrogens is 396 g/mol. The zero-order valence-corrected chi connectivity index (χ0v) is 17.8. The van der Waals surface area contributed by atoms with E-state index in [1.165, 1.54) is 42.8 Å². The van der Waals surface area contributed by atoms with Gasteiger partial charge in [-0.25, -0.2) is 8.42 Å². The summed E-state index contributed by atoms with van der Waals surface area (Å²) in [5, 5.41) is 2.70. The van der Waals surface area contributed by atoms with Gasteiger partial charge in [-0.2, -0.15) is 4.31 Å². The summed E-state index contributed by atoms with van der Waals surface area (Å²) < 4.78 is 42.2. The number of amides is 1. The number of sulfonamides is 1. The van der Waals surface area contributed by atoms with Gasteiger partial charge in [-0.1, -0.05) is 13.8 Å². The second-order valence-electron chi connectivity index (χ2n) is 5.96. The number of nitrogens with one attached hydrogen (secondary N) is 1. The Kier molecular flexibility index (Phi) is 7.86. The van der Waals surface area contributed by atoms with Gasteiger partial charge in [0.2, 0.25) is 10.0 Å². The minimum Gasteiger partial charge on any atom is -0.497 e. The molecule has 9 heteroatoms. The SMILES string of the molecule is CCN(CC)S(=O)(=O)c1ccc(OCC(=O)Nc2cc(OC)ccc2OC)cc1. The van der Waals surface area contributed by atoms with Crippen molar-refractivity contribution in [1.29, 1.82) is 0 Å². The lowest BCUT2D eigenvalue weighted by Gasteiger charge is -2.18. The van der Waals surface area contributed by atoms with Crippen LogP contribution in [0.5, 0.6) is 17.2 Å². The quantitative estimate of drug-likeness (QED) is 0.633. The highest BCUT2D eigenvalue weighted by Crippen LogP contribution is 2.28. The highest BCUT2D eigenvalue weighted by atomic mass is 32.2. The van der Waals surface area contributed by atoms with E-state index in [9.17, 15) is 13.2 Å². The average molecular weight is 423 g/mol. The van der Waals surface area contributed by atoms with Crippen molar-refractivity contribution in [1.82, 2.24) is 4.31 Å². The Morgan fingerprint density at radius 1 is 0.966 bits per heavy atom. The summed E-state index contributed by atoms with van der Waals surface area (Å²) in [6.07, 6.45) is 0. The van der Waals surface area contributed by atoms with Gasteiger partial charge in [-0.15, -0.1) is 0 Å². The zero-order chi connectivity index (χ0) is 21.4. The molecule has 0 aliphatic carbocycles. The highest BCUT2D eigenvalue weighted by molar-refractivity contribution is 7.89. The molecule has 2 aromatic carbocycles. The fourth-order valence-corrected chi connectivity index (χ4v) is 4.13. The molecule has 0 atom stereocenters. The number of ether oxygens (including phenoxy) is 3. The van der Waals surface area contributed by atoms with Gasteiger partial charge in [0.15, 0.2) is 6.61 Å². The van der Waals surface area contributed by atoms with Crippen LogP contribution in [0.4, 0.5) is 5.69 Å². The minimum atomic E-state index is -3.53. The topological polar surface area (TPSA) is 94.2 Å². The smallest absolute Gasteiger partial charge is 0.262 e. The van der Waals surface area contributed by atoms with Crippen LogP contribution in [0.2, 0.25) is 0 Å². The third-order valence-electron chi connectivity index (χ3n) is 4.22. The molecule has 1 amide bonds. The van der Waals surface area contributed by atoms with Crippen molar-refractivity contribution in [2.75, 3.05) is 39.2 Å². The molecule has 0 spiro atoms. The lowest BCUT2D eigenvalue weighted by atomic mass is 10.2. The third-order valence-corrected chi connectivity index (χ3v) is 6.28. The van der Waals surface area contributed by atoms with Crippen LogP contribution >= 0.6 is 0 Å². The standard InChI is InChI=1S/C20H26N2O6S/c1-5-22(6-2)29(24,25)17-10-7-15(8-11-17)28-14-20(23)21-18-13-16(26-3)9-12-19(18)27-4/h7-13H,5-6,14H2,1-4H3,(H,21,23). The minimum absolute atomic E-state index is 0.180. The van der Waals surface area contributed by atoms with Crippen LogP contribution in [0.1, 0.15) is 13.8 Å². The molecular formula is C20H26N2O6S. The van der Waals surface area contributed by atoms with Gasteiger partial charge in [-0.3, -0.25) is 4.79 Å². The fourth-order valence-electron chi connectivity index (χ4n) is 2.67. The summed E-state index contributed by atoms with van der Waals surface area (Å²) in [5.74, 6) is 1.06. The Morgan fingerprint density at radius 2 is 1.59 bits per heavy atom. The molecule has 0 saturated heterocycles. The molecule has 0 saturated carbocycles. The number of nitrogens with zero attached hydrogens (tertiary/aromatic N) is 1. The summed E-state index contributed by atoms with van der Waals surface area (Å²) >= 11 is 0. The second kappa shape index (κ2) is 10.1. The predicted molar refractivity (Wildman–Crippen MR) is 110 cm³/mol. The van der Waals surface area contributed by atoms with E-state index in [2.05, 4.69) is 5.32 Å². The molecule has 0 aliphatic rings. The molecule has 0 bridgehead atoms. The van der Waals surface area contributed by atoms with E-state index in [1.54, 1.807) is 32.0 Å². The summed E-state index contributed by atoms with van der Waals surface area (Å²) in [7, 11) is -0.501. The van der Waals surface area contributed by atoms with E-state index in [1.807, 2.05) is 0 Å². The van der Waals surface area contributed by atoms with E-state index in [-0.39, 0.29) is 11.5 Å². The lowest BCUT2D eigenvalue weighted by Crippen LogP contribution is -2.30. The molecule has 158 valence electrons. The van der Waals surface area contributed by atoms with E-state index in [4.69, 9.17) is 14.2 Å². The van der Waals surface area contributed by atoms with Crippen molar-refractivity contribution in [3.05, 3.63) is 42.5 Å². The van der Waals surface area contributed by atoms with Crippen LogP contribution < -0.4 is 19.5 Å². The van der Waals surface area contributed by atoms with Crippen LogP contribution in [0.3, 0.4) is 0 Å². The van der Waals surface area contributed by atoms with E-state index < -0.39 is 15.9 Å². The van der Waals surface area contributed by atoms with Crippen LogP contribution in [0.25, 0.3) is 0 Å². The Labute approximate surface area is 171 Å². The first kappa shape index (κ1) is 22.5. The summed E-state index contributed by atoms with van der Waals surface area (Å²) in [6.45, 7) is 4.11. The molecule has 0 aromatic heterocycles. The van der Waals surface area contributed by atoms with Crippen molar-refractivity contribution < 1.29 is 27.4 Å². The number of carbonyl (C=O) groups is 1. The number of rotatable bonds is 10. The van der Waals surface area contributed by atoms with Gasteiger partial charge >= 0.3 is 0 Å². The number of anilines is 1. The van der Waals surface area contributed by atoms with Gasteiger partial charge in [-0.05, 0) is 36.4 Å². The van der Waals surface area contributed by atoms with E-state index in [0.717, 1.165) is 0 Å². The molecule has 0 aliphatic heterocycles. The molecule has 1 N–H and O–H groups in total. The lowest BCUT2D eigenvalue weighted by molar-refractivity contribution is -0.118. The van der Waals surface area contributed by atoms with Crippen molar-refractivity contribution in [3.63, 3.8) is 0 Å². The first-order valence-electron chi connectivity index (χ1n) is 9.10. The Balaban J connectivity index is 2.01. The molecule has 29 heavy (non-hydrogen) atoms. The van der Waals surface area contributed by atoms with Crippen molar-refractivity contribution in [2.45, 2.75) is 18.7 Å². The molecule has 8 nitrogen and oxygen atoms in total. The number of hydrogen-bond acceptors (Lipinski definition) is 6. The predicted octanol–water partition coefficient (Wildman–Crippen LogP) is 2.75. The van der Waals surface area contributed by atoms with Crippen LogP contribution in [0.15, 0.2) is 47.4 Å². The second-order valence-corrected chi connectivity index (χ2v) is 7.90. The normalized spacial score (nSPS) is 11.2. The van der Waals surface area contributed by atoms with E-state index in [0.29, 0.717) is 36.0 Å². The zero-order valence-electron chi connectivity index (χ0n) is 17.0. The van der Waals surface area contributed by atoms with Gasteiger partial charge < -0.3 is 19.5 Å². The van der Waals surface area contributed by atoms with Gasteiger partial charge in [0, 0.05) is 19.2 Å². The fraction of sp³-hybridized carbons (Fsp3) is 0.350. The number of carbonyl (C=O) groups excluding carboxylic acids is 1. The molecule has 0 fully saturated rings. The first-order valence-corrected chi connectivity index (χ1v) is 10.5. The van der Waals surface area contributed by atoms with Gasteiger partial charge in [0.1, 0.15) is 17.2 Å². The van der Waals surface area contributed by atoms with Crippen molar-refractivity contribution >= 4 is 21.6 Å². The average Bonchev–Trinajstić information content (AvgIpc) is 2.73. The van der Waals surface area contributed by atoms with Crippen LogP contribution in [-0.4, -0.2) is 52.5 Å². The Bertz CT molecular complexity index is 924.